The standard InChI is InChI=1S/C22H18ClNO2S/c1-17-7-14-21(15-8-17)27(25,26)24-22(19-5-3-2-4-6-19)16-11-18-9-12-20(23)13-10-18/h2-16H,1H3/b16-11+,24-22-. The number of nitrogens with zero attached hydrogens (tertiary/aromatic N) is 1. The predicted molar refractivity (Wildman–Crippen MR) is 112 cm³/mol. The van der Waals surface area contributed by atoms with Gasteiger partial charge in [0.15, 0.2) is 0 Å². The summed E-state index contributed by atoms with van der Waals surface area (Å²) in [5.74, 6) is 0. The molecular formula is C22H18ClNO2S. The third-order valence-electron chi connectivity index (χ3n) is 3.91. The summed E-state index contributed by atoms with van der Waals surface area (Å²) in [5.41, 5.74) is 2.98. The summed E-state index contributed by atoms with van der Waals surface area (Å²) >= 11 is 5.91. The summed E-state index contributed by atoms with van der Waals surface area (Å²) in [4.78, 5) is 0.168. The Labute approximate surface area is 164 Å². The molecule has 0 fully saturated rings. The molecule has 0 radical (unpaired) electrons. The zero-order valence-corrected chi connectivity index (χ0v) is 16.3. The summed E-state index contributed by atoms with van der Waals surface area (Å²) in [6.45, 7) is 1.91. The SMILES string of the molecule is Cc1ccc(S(=O)(=O)/N=C(/C=C/c2ccc(Cl)cc2)c2ccccc2)cc1. The summed E-state index contributed by atoms with van der Waals surface area (Å²) in [7, 11) is -3.82. The summed E-state index contributed by atoms with van der Waals surface area (Å²) in [5, 5.41) is 0.644. The molecule has 0 bridgehead atoms. The fourth-order valence-electron chi connectivity index (χ4n) is 2.43. The molecule has 0 unspecified atom stereocenters. The van der Waals surface area contributed by atoms with E-state index in [1.54, 1.807) is 42.5 Å². The molecule has 0 aliphatic rings. The van der Waals surface area contributed by atoms with E-state index in [1.165, 1.54) is 0 Å². The van der Waals surface area contributed by atoms with Gasteiger partial charge < -0.3 is 0 Å². The van der Waals surface area contributed by atoms with Crippen LogP contribution in [0.3, 0.4) is 0 Å². The monoisotopic (exact) mass is 395 g/mol. The van der Waals surface area contributed by atoms with Gasteiger partial charge in [0.25, 0.3) is 10.0 Å². The van der Waals surface area contributed by atoms with E-state index in [9.17, 15) is 8.42 Å². The van der Waals surface area contributed by atoms with Gasteiger partial charge in [-0.05, 0) is 42.8 Å². The van der Waals surface area contributed by atoms with Gasteiger partial charge in [0.1, 0.15) is 0 Å². The van der Waals surface area contributed by atoms with Gasteiger partial charge in [-0.1, -0.05) is 77.8 Å². The first kappa shape index (κ1) is 19.1. The molecule has 0 aliphatic heterocycles. The van der Waals surface area contributed by atoms with Crippen molar-refractivity contribution in [1.29, 1.82) is 0 Å². The lowest BCUT2D eigenvalue weighted by Gasteiger charge is -2.04. The minimum atomic E-state index is -3.82. The Hall–Kier alpha value is -2.69. The summed E-state index contributed by atoms with van der Waals surface area (Å²) in [6.07, 6.45) is 3.51. The normalized spacial score (nSPS) is 12.4. The quantitative estimate of drug-likeness (QED) is 0.532. The van der Waals surface area contributed by atoms with E-state index in [-0.39, 0.29) is 4.90 Å². The van der Waals surface area contributed by atoms with Crippen molar-refractivity contribution in [1.82, 2.24) is 0 Å². The zero-order chi connectivity index (χ0) is 19.3. The molecule has 3 nitrogen and oxygen atoms in total. The summed E-state index contributed by atoms with van der Waals surface area (Å²) in [6, 6.07) is 23.2. The second kappa shape index (κ2) is 8.33. The highest BCUT2D eigenvalue weighted by Gasteiger charge is 2.14. The van der Waals surface area contributed by atoms with E-state index in [2.05, 4.69) is 4.40 Å². The van der Waals surface area contributed by atoms with Gasteiger partial charge in [-0.2, -0.15) is 12.8 Å². The molecule has 0 aliphatic carbocycles. The largest absolute Gasteiger partial charge is 0.282 e. The van der Waals surface area contributed by atoms with E-state index >= 15 is 0 Å². The highest BCUT2D eigenvalue weighted by atomic mass is 35.5. The Morgan fingerprint density at radius 3 is 2.15 bits per heavy atom. The van der Waals surface area contributed by atoms with Crippen LogP contribution in [-0.4, -0.2) is 14.1 Å². The van der Waals surface area contributed by atoms with Gasteiger partial charge in [0.2, 0.25) is 0 Å². The Bertz CT molecular complexity index is 1070. The first-order valence-corrected chi connectivity index (χ1v) is 10.2. The molecule has 0 amide bonds. The highest BCUT2D eigenvalue weighted by molar-refractivity contribution is 7.90. The molecular weight excluding hydrogens is 378 g/mol. The van der Waals surface area contributed by atoms with E-state index in [0.29, 0.717) is 10.7 Å². The molecule has 0 heterocycles. The van der Waals surface area contributed by atoms with Crippen molar-refractivity contribution in [2.24, 2.45) is 4.40 Å². The lowest BCUT2D eigenvalue weighted by Crippen LogP contribution is -2.04. The van der Waals surface area contributed by atoms with Crippen molar-refractivity contribution < 1.29 is 8.42 Å². The van der Waals surface area contributed by atoms with Gasteiger partial charge in [-0.3, -0.25) is 0 Å². The molecule has 0 atom stereocenters. The number of aryl methyl sites for hydroxylation is 1. The van der Waals surface area contributed by atoms with Crippen LogP contribution in [-0.2, 0) is 10.0 Å². The molecule has 27 heavy (non-hydrogen) atoms. The van der Waals surface area contributed by atoms with Crippen molar-refractivity contribution in [3.8, 4) is 0 Å². The van der Waals surface area contributed by atoms with Crippen LogP contribution in [0.4, 0.5) is 0 Å². The lowest BCUT2D eigenvalue weighted by molar-refractivity contribution is 0.598. The number of rotatable bonds is 5. The van der Waals surface area contributed by atoms with Crippen LogP contribution in [0.15, 0.2) is 94.2 Å². The molecule has 0 saturated carbocycles. The van der Waals surface area contributed by atoms with Gasteiger partial charge >= 0.3 is 0 Å². The number of halogens is 1. The average Bonchev–Trinajstić information content (AvgIpc) is 2.67. The van der Waals surface area contributed by atoms with E-state index in [1.807, 2.05) is 55.5 Å². The van der Waals surface area contributed by atoms with E-state index in [4.69, 9.17) is 11.6 Å². The summed E-state index contributed by atoms with van der Waals surface area (Å²) < 4.78 is 29.6. The molecule has 3 rings (SSSR count). The maximum atomic E-state index is 12.7. The van der Waals surface area contributed by atoms with Crippen molar-refractivity contribution in [3.05, 3.63) is 107 Å². The molecule has 136 valence electrons. The second-order valence-corrected chi connectivity index (χ2v) is 8.06. The van der Waals surface area contributed by atoms with Crippen molar-refractivity contribution >= 4 is 33.4 Å². The Morgan fingerprint density at radius 2 is 1.52 bits per heavy atom. The van der Waals surface area contributed by atoms with Crippen LogP contribution in [0, 0.1) is 6.92 Å². The Kier molecular flexibility index (Phi) is 5.89. The predicted octanol–water partition coefficient (Wildman–Crippen LogP) is 5.54. The van der Waals surface area contributed by atoms with Crippen molar-refractivity contribution in [2.45, 2.75) is 11.8 Å². The molecule has 0 saturated heterocycles. The van der Waals surface area contributed by atoms with Crippen molar-refractivity contribution in [3.63, 3.8) is 0 Å². The lowest BCUT2D eigenvalue weighted by atomic mass is 10.1. The van der Waals surface area contributed by atoms with Crippen LogP contribution < -0.4 is 0 Å². The first-order chi connectivity index (χ1) is 12.9. The Balaban J connectivity index is 2.03. The van der Waals surface area contributed by atoms with Gasteiger partial charge in [-0.15, -0.1) is 0 Å². The molecule has 3 aromatic rings. The fourth-order valence-corrected chi connectivity index (χ4v) is 3.57. The van der Waals surface area contributed by atoms with Crippen LogP contribution in [0.2, 0.25) is 5.02 Å². The number of sulfonamides is 1. The number of hydrogen-bond donors (Lipinski definition) is 0. The Morgan fingerprint density at radius 1 is 0.889 bits per heavy atom. The molecule has 0 spiro atoms. The first-order valence-electron chi connectivity index (χ1n) is 8.35. The van der Waals surface area contributed by atoms with Crippen LogP contribution in [0.5, 0.6) is 0 Å². The molecule has 0 aromatic heterocycles. The van der Waals surface area contributed by atoms with E-state index < -0.39 is 10.0 Å². The number of benzene rings is 3. The van der Waals surface area contributed by atoms with Crippen molar-refractivity contribution in [2.75, 3.05) is 0 Å². The molecule has 3 aromatic carbocycles. The van der Waals surface area contributed by atoms with E-state index in [0.717, 1.165) is 16.7 Å². The number of allylic oxidation sites excluding steroid dienone is 1. The van der Waals surface area contributed by atoms with Gasteiger partial charge in [0, 0.05) is 10.6 Å². The third-order valence-corrected chi connectivity index (χ3v) is 5.47. The average molecular weight is 396 g/mol. The van der Waals surface area contributed by atoms with Crippen LogP contribution in [0.25, 0.3) is 6.08 Å². The maximum absolute atomic E-state index is 12.7. The molecule has 5 heteroatoms. The zero-order valence-electron chi connectivity index (χ0n) is 14.7. The van der Waals surface area contributed by atoms with Gasteiger partial charge in [0.05, 0.1) is 10.6 Å². The highest BCUT2D eigenvalue weighted by Crippen LogP contribution is 2.17. The van der Waals surface area contributed by atoms with Crippen LogP contribution >= 0.6 is 11.6 Å². The second-order valence-electron chi connectivity index (χ2n) is 6.02. The third kappa shape index (κ3) is 5.16. The topological polar surface area (TPSA) is 46.5 Å². The minimum Gasteiger partial charge on any atom is -0.199 e. The smallest absolute Gasteiger partial charge is 0.199 e. The molecule has 0 N–H and O–H groups in total. The number of hydrogen-bond acceptors (Lipinski definition) is 2. The fraction of sp³-hybridized carbons (Fsp3) is 0.0455. The van der Waals surface area contributed by atoms with Crippen LogP contribution in [0.1, 0.15) is 16.7 Å². The van der Waals surface area contributed by atoms with Gasteiger partial charge in [-0.25, -0.2) is 0 Å². The maximum Gasteiger partial charge on any atom is 0.282 e. The minimum absolute atomic E-state index is 0.168.